The molecule has 1 saturated heterocycles. The molecule has 0 spiro atoms. The molecule has 1 aromatic heterocycles. The number of hydrogen-bond donors (Lipinski definition) is 3. The van der Waals surface area contributed by atoms with E-state index >= 15 is 8.78 Å². The topological polar surface area (TPSA) is 97.8 Å². The van der Waals surface area contributed by atoms with Crippen LogP contribution in [0.1, 0.15) is 49.9 Å². The highest BCUT2D eigenvalue weighted by atomic mass is 35.5. The summed E-state index contributed by atoms with van der Waals surface area (Å²) in [6.07, 6.45) is 0.342. The van der Waals surface area contributed by atoms with Gasteiger partial charge in [-0.1, -0.05) is 62.2 Å². The maximum atomic E-state index is 15.7. The highest BCUT2D eigenvalue weighted by molar-refractivity contribution is 6.31. The van der Waals surface area contributed by atoms with Gasteiger partial charge in [0.1, 0.15) is 17.0 Å². The number of anilines is 1. The maximum absolute atomic E-state index is 15.7. The number of H-pyrrole nitrogens is 1. The molecule has 0 aliphatic carbocycles. The average Bonchev–Trinajstić information content (AvgIpc) is 3.13. The molecular weight excluding hydrogens is 545 g/mol. The van der Waals surface area contributed by atoms with Crippen LogP contribution in [-0.4, -0.2) is 23.0 Å². The van der Waals surface area contributed by atoms with Crippen molar-refractivity contribution < 1.29 is 13.6 Å². The van der Waals surface area contributed by atoms with E-state index in [4.69, 9.17) is 23.2 Å². The predicted molar refractivity (Wildman–Crippen MR) is 148 cm³/mol. The third-order valence-electron chi connectivity index (χ3n) is 6.98. The molecule has 0 bridgehead atoms. The number of benzene rings is 2. The molecule has 1 aliphatic heterocycles. The molecule has 6 nitrogen and oxygen atoms in total. The Hall–Kier alpha value is -3.25. The lowest BCUT2D eigenvalue weighted by Gasteiger charge is -2.37. The summed E-state index contributed by atoms with van der Waals surface area (Å²) in [5.74, 6) is -3.37. The molecule has 3 N–H and O–H groups in total. The summed E-state index contributed by atoms with van der Waals surface area (Å²) in [6, 6.07) is 11.4. The molecule has 3 aromatic rings. The molecule has 4 rings (SSSR count). The fourth-order valence-corrected chi connectivity index (χ4v) is 5.87. The van der Waals surface area contributed by atoms with Crippen molar-refractivity contribution in [1.82, 2.24) is 10.3 Å². The van der Waals surface area contributed by atoms with Crippen molar-refractivity contribution in [2.75, 3.05) is 5.32 Å². The molecule has 0 radical (unpaired) electrons. The minimum absolute atomic E-state index is 0.00968. The van der Waals surface area contributed by atoms with Gasteiger partial charge < -0.3 is 15.6 Å². The van der Waals surface area contributed by atoms with Crippen molar-refractivity contribution in [3.05, 3.63) is 97.4 Å². The van der Waals surface area contributed by atoms with E-state index in [1.165, 1.54) is 36.4 Å². The van der Waals surface area contributed by atoms with Crippen LogP contribution < -0.4 is 16.2 Å². The molecular formula is C29H28Cl2F2N4O2. The molecule has 39 heavy (non-hydrogen) atoms. The Morgan fingerprint density at radius 2 is 1.87 bits per heavy atom. The van der Waals surface area contributed by atoms with Crippen LogP contribution in [0.25, 0.3) is 0 Å². The van der Waals surface area contributed by atoms with Gasteiger partial charge in [0, 0.05) is 40.0 Å². The zero-order valence-corrected chi connectivity index (χ0v) is 23.3. The lowest BCUT2D eigenvalue weighted by Crippen LogP contribution is -2.45. The first-order valence-electron chi connectivity index (χ1n) is 12.4. The number of carbonyl (C=O) groups excluding carboxylic acids is 1. The van der Waals surface area contributed by atoms with Gasteiger partial charge in [0.2, 0.25) is 11.5 Å². The molecule has 4 atom stereocenters. The van der Waals surface area contributed by atoms with Gasteiger partial charge in [-0.05, 0) is 48.6 Å². The van der Waals surface area contributed by atoms with Gasteiger partial charge in [0.25, 0.3) is 0 Å². The number of hydrogen-bond acceptors (Lipinski definition) is 4. The number of aromatic amines is 1. The maximum Gasteiger partial charge on any atom is 0.250 e. The van der Waals surface area contributed by atoms with Crippen molar-refractivity contribution in [2.45, 2.75) is 57.5 Å². The number of carbonyl (C=O) groups is 1. The first-order chi connectivity index (χ1) is 18.3. The van der Waals surface area contributed by atoms with Crippen LogP contribution in [-0.2, 0) is 10.2 Å². The van der Waals surface area contributed by atoms with E-state index in [1.54, 1.807) is 13.0 Å². The van der Waals surface area contributed by atoms with Crippen molar-refractivity contribution in [2.24, 2.45) is 5.41 Å². The Morgan fingerprint density at radius 3 is 2.49 bits per heavy atom. The minimum atomic E-state index is -1.74. The summed E-state index contributed by atoms with van der Waals surface area (Å²) in [5, 5.41) is 16.8. The van der Waals surface area contributed by atoms with Crippen LogP contribution in [0.15, 0.2) is 53.3 Å². The Morgan fingerprint density at radius 1 is 1.15 bits per heavy atom. The zero-order valence-electron chi connectivity index (χ0n) is 21.8. The van der Waals surface area contributed by atoms with Gasteiger partial charge in [0.05, 0.1) is 17.1 Å². The van der Waals surface area contributed by atoms with Crippen molar-refractivity contribution in [3.8, 4) is 6.07 Å². The lowest BCUT2D eigenvalue weighted by atomic mass is 9.62. The average molecular weight is 573 g/mol. The summed E-state index contributed by atoms with van der Waals surface area (Å²) < 4.78 is 31.3. The van der Waals surface area contributed by atoms with Gasteiger partial charge in [-0.3, -0.25) is 9.59 Å². The molecule has 10 heteroatoms. The number of aromatic nitrogens is 1. The minimum Gasteiger partial charge on any atom is -0.326 e. The van der Waals surface area contributed by atoms with Gasteiger partial charge in [-0.25, -0.2) is 8.78 Å². The number of nitriles is 1. The van der Waals surface area contributed by atoms with E-state index in [1.807, 2.05) is 20.8 Å². The van der Waals surface area contributed by atoms with E-state index in [0.29, 0.717) is 12.1 Å². The van der Waals surface area contributed by atoms with Crippen molar-refractivity contribution in [1.29, 1.82) is 5.26 Å². The third kappa shape index (κ3) is 5.58. The second-order valence-electron chi connectivity index (χ2n) is 11.1. The standard InChI is InChI=1S/C29H28Cl2F2N4O2/c1-15-10-17(12-23(38)35-15)36-27(39)26-24(18-6-5-7-20(31)25(18)33)29(14-34,22(37-26)13-28(2,3)4)19-9-8-16(30)11-21(19)32/h5-12,22,24,26,37H,13H2,1-4H3,(H2,35,36,38,39)/t22-,24-,26+,29-/m0/s1. The first kappa shape index (κ1) is 28.8. The number of nitrogens with zero attached hydrogens (tertiary/aromatic N) is 1. The Bertz CT molecular complexity index is 1530. The first-order valence-corrected chi connectivity index (χ1v) is 13.1. The Kier molecular flexibility index (Phi) is 7.91. The second-order valence-corrected chi connectivity index (χ2v) is 11.9. The molecule has 2 aromatic carbocycles. The number of amides is 1. The molecule has 2 heterocycles. The van der Waals surface area contributed by atoms with E-state index < -0.39 is 46.5 Å². The second kappa shape index (κ2) is 10.7. The molecule has 204 valence electrons. The quantitative estimate of drug-likeness (QED) is 0.337. The SMILES string of the molecule is Cc1cc(NC(=O)[C@@H]2N[C@@H](CC(C)(C)C)[C@](C#N)(c3ccc(Cl)cc3F)[C@H]2c2cccc(Cl)c2F)cc(=O)[nH]1. The predicted octanol–water partition coefficient (Wildman–Crippen LogP) is 6.23. The molecule has 1 aliphatic rings. The number of rotatable bonds is 5. The van der Waals surface area contributed by atoms with Crippen LogP contribution in [0.2, 0.25) is 10.0 Å². The number of pyridine rings is 1. The van der Waals surface area contributed by atoms with E-state index in [2.05, 4.69) is 21.7 Å². The Labute approximate surface area is 235 Å². The third-order valence-corrected chi connectivity index (χ3v) is 7.51. The fraction of sp³-hybridized carbons (Fsp3) is 0.345. The number of aryl methyl sites for hydroxylation is 1. The molecule has 0 saturated carbocycles. The highest BCUT2D eigenvalue weighted by Gasteiger charge is 2.61. The summed E-state index contributed by atoms with van der Waals surface area (Å²) >= 11 is 12.2. The van der Waals surface area contributed by atoms with E-state index in [9.17, 15) is 14.9 Å². The van der Waals surface area contributed by atoms with Crippen LogP contribution >= 0.6 is 23.2 Å². The van der Waals surface area contributed by atoms with Crippen LogP contribution in [0, 0.1) is 35.3 Å². The van der Waals surface area contributed by atoms with Gasteiger partial charge in [-0.2, -0.15) is 5.26 Å². The van der Waals surface area contributed by atoms with Gasteiger partial charge in [0.15, 0.2) is 0 Å². The van der Waals surface area contributed by atoms with Crippen LogP contribution in [0.5, 0.6) is 0 Å². The Balaban J connectivity index is 1.97. The largest absolute Gasteiger partial charge is 0.326 e. The summed E-state index contributed by atoms with van der Waals surface area (Å²) in [4.78, 5) is 28.5. The summed E-state index contributed by atoms with van der Waals surface area (Å²) in [7, 11) is 0. The summed E-state index contributed by atoms with van der Waals surface area (Å²) in [5.41, 5.74) is -1.79. The molecule has 1 fully saturated rings. The number of nitrogens with one attached hydrogen (secondary N) is 3. The van der Waals surface area contributed by atoms with E-state index in [-0.39, 0.29) is 32.3 Å². The molecule has 1 amide bonds. The monoisotopic (exact) mass is 572 g/mol. The van der Waals surface area contributed by atoms with E-state index in [0.717, 1.165) is 6.07 Å². The zero-order chi connectivity index (χ0) is 28.7. The summed E-state index contributed by atoms with van der Waals surface area (Å²) in [6.45, 7) is 7.53. The highest BCUT2D eigenvalue weighted by Crippen LogP contribution is 2.52. The smallest absolute Gasteiger partial charge is 0.250 e. The van der Waals surface area contributed by atoms with Crippen LogP contribution in [0.3, 0.4) is 0 Å². The lowest BCUT2D eigenvalue weighted by molar-refractivity contribution is -0.118. The number of halogens is 4. The molecule has 0 unspecified atom stereocenters. The fourth-order valence-electron chi connectivity index (χ4n) is 5.53. The van der Waals surface area contributed by atoms with Gasteiger partial charge in [-0.15, -0.1) is 0 Å². The van der Waals surface area contributed by atoms with Gasteiger partial charge >= 0.3 is 0 Å². The normalized spacial score (nSPS) is 22.9. The van der Waals surface area contributed by atoms with Crippen molar-refractivity contribution >= 4 is 34.8 Å². The van der Waals surface area contributed by atoms with Crippen molar-refractivity contribution in [3.63, 3.8) is 0 Å². The van der Waals surface area contributed by atoms with Crippen LogP contribution in [0.4, 0.5) is 14.5 Å².